The third-order valence-corrected chi connectivity index (χ3v) is 6.52. The van der Waals surface area contributed by atoms with Gasteiger partial charge in [-0.3, -0.25) is 9.59 Å². The van der Waals surface area contributed by atoms with Crippen molar-refractivity contribution in [3.63, 3.8) is 0 Å². The predicted molar refractivity (Wildman–Crippen MR) is 135 cm³/mol. The van der Waals surface area contributed by atoms with Crippen molar-refractivity contribution in [2.75, 3.05) is 27.2 Å². The summed E-state index contributed by atoms with van der Waals surface area (Å²) in [4.78, 5) is 29.9. The Bertz CT molecular complexity index is 1230. The van der Waals surface area contributed by atoms with Gasteiger partial charge in [-0.1, -0.05) is 46.3 Å². The first-order chi connectivity index (χ1) is 16.3. The van der Waals surface area contributed by atoms with Gasteiger partial charge >= 0.3 is 0 Å². The third-order valence-electron chi connectivity index (χ3n) is 6.00. The Kier molecular flexibility index (Phi) is 7.00. The van der Waals surface area contributed by atoms with Crippen LogP contribution in [0.5, 0.6) is 0 Å². The summed E-state index contributed by atoms with van der Waals surface area (Å²) in [6.07, 6.45) is 2.24. The zero-order chi connectivity index (χ0) is 24.4. The van der Waals surface area contributed by atoms with Crippen molar-refractivity contribution in [2.24, 2.45) is 0 Å². The molecule has 176 valence electrons. The minimum absolute atomic E-state index is 0.0906. The van der Waals surface area contributed by atoms with Crippen LogP contribution in [0.25, 0.3) is 11.4 Å². The molecule has 34 heavy (non-hydrogen) atoms. The van der Waals surface area contributed by atoms with Crippen molar-refractivity contribution in [2.45, 2.75) is 19.4 Å². The summed E-state index contributed by atoms with van der Waals surface area (Å²) >= 11 is 3.44. The van der Waals surface area contributed by atoms with Crippen LogP contribution in [0.2, 0.25) is 0 Å². The normalized spacial score (nSPS) is 17.7. The van der Waals surface area contributed by atoms with Crippen molar-refractivity contribution < 1.29 is 14.7 Å². The minimum Gasteiger partial charge on any atom is -0.507 e. The molecule has 3 aromatic rings. The number of hydrogen-bond donors (Lipinski definition) is 1. The number of Topliss-reactive ketones (excluding diaryl/α,β-unsaturated/α-hetero) is 1. The summed E-state index contributed by atoms with van der Waals surface area (Å²) in [5.74, 6) is -1.48. The molecule has 7 nitrogen and oxygen atoms in total. The van der Waals surface area contributed by atoms with E-state index in [0.29, 0.717) is 24.2 Å². The lowest BCUT2D eigenvalue weighted by molar-refractivity contribution is -0.139. The zero-order valence-corrected chi connectivity index (χ0v) is 21.0. The number of amides is 1. The molecular weight excluding hydrogens is 496 g/mol. The molecule has 1 fully saturated rings. The lowest BCUT2D eigenvalue weighted by Gasteiger charge is -2.26. The summed E-state index contributed by atoms with van der Waals surface area (Å²) in [7, 11) is 3.93. The highest BCUT2D eigenvalue weighted by atomic mass is 79.9. The van der Waals surface area contributed by atoms with Crippen molar-refractivity contribution in [1.29, 1.82) is 0 Å². The largest absolute Gasteiger partial charge is 0.507 e. The number of aromatic nitrogens is 2. The van der Waals surface area contributed by atoms with E-state index in [1.807, 2.05) is 80.5 Å². The molecule has 0 spiro atoms. The van der Waals surface area contributed by atoms with E-state index in [0.717, 1.165) is 22.3 Å². The van der Waals surface area contributed by atoms with Crippen LogP contribution in [-0.2, 0) is 9.59 Å². The fraction of sp³-hybridized carbons (Fsp3) is 0.269. The van der Waals surface area contributed by atoms with Crippen LogP contribution in [0.15, 0.2) is 70.8 Å². The highest BCUT2D eigenvalue weighted by molar-refractivity contribution is 9.10. The molecule has 0 aliphatic carbocycles. The lowest BCUT2D eigenvalue weighted by atomic mass is 9.95. The standard InChI is InChI=1S/C26H27BrN4O3/c1-17-21(16-28-31(17)20-8-5-4-6-9-20)24(32)22-23(18-10-12-19(27)13-11-18)30(26(34)25(22)33)15-7-14-29(2)3/h4-6,8-13,16,23,32H,7,14-15H2,1-3H3/t23-/m1/s1. The van der Waals surface area contributed by atoms with E-state index >= 15 is 0 Å². The summed E-state index contributed by atoms with van der Waals surface area (Å²) in [5, 5.41) is 15.8. The van der Waals surface area contributed by atoms with Gasteiger partial charge in [-0.2, -0.15) is 5.10 Å². The van der Waals surface area contributed by atoms with Gasteiger partial charge in [0.2, 0.25) is 0 Å². The van der Waals surface area contributed by atoms with E-state index in [-0.39, 0.29) is 11.3 Å². The molecule has 8 heteroatoms. The van der Waals surface area contributed by atoms with Crippen LogP contribution in [0.1, 0.15) is 29.3 Å². The maximum atomic E-state index is 13.2. The topological polar surface area (TPSA) is 78.7 Å². The van der Waals surface area contributed by atoms with Gasteiger partial charge in [-0.15, -0.1) is 0 Å². The summed E-state index contributed by atoms with van der Waals surface area (Å²) in [5.41, 5.74) is 2.80. The molecule has 1 aliphatic heterocycles. The van der Waals surface area contributed by atoms with E-state index in [1.54, 1.807) is 9.58 Å². The van der Waals surface area contributed by atoms with Crippen LogP contribution in [0, 0.1) is 6.92 Å². The van der Waals surface area contributed by atoms with Gasteiger partial charge in [0.15, 0.2) is 0 Å². The van der Waals surface area contributed by atoms with Gasteiger partial charge in [-0.05, 0) is 63.8 Å². The first-order valence-corrected chi connectivity index (χ1v) is 11.9. The molecule has 1 atom stereocenters. The number of halogens is 1. The molecule has 2 aromatic carbocycles. The second-order valence-electron chi connectivity index (χ2n) is 8.59. The molecule has 1 amide bonds. The number of carbonyl (C=O) groups excluding carboxylic acids is 2. The first kappa shape index (κ1) is 23.9. The average molecular weight is 523 g/mol. The number of aliphatic hydroxyl groups excluding tert-OH is 1. The van der Waals surface area contributed by atoms with Gasteiger partial charge < -0.3 is 14.9 Å². The van der Waals surface area contributed by atoms with Crippen molar-refractivity contribution in [3.8, 4) is 5.69 Å². The SMILES string of the molecule is Cc1c(C(O)=C2C(=O)C(=O)N(CCCN(C)C)[C@@H]2c2ccc(Br)cc2)cnn1-c1ccccc1. The number of rotatable bonds is 7. The molecule has 0 unspecified atom stereocenters. The Morgan fingerprint density at radius 2 is 1.76 bits per heavy atom. The van der Waals surface area contributed by atoms with E-state index in [4.69, 9.17) is 0 Å². The molecule has 0 bridgehead atoms. The molecular formula is C26H27BrN4O3. The van der Waals surface area contributed by atoms with E-state index < -0.39 is 17.7 Å². The van der Waals surface area contributed by atoms with Crippen LogP contribution in [0.3, 0.4) is 0 Å². The summed E-state index contributed by atoms with van der Waals surface area (Å²) in [6, 6.07) is 16.4. The molecule has 1 aromatic heterocycles. The number of benzene rings is 2. The van der Waals surface area contributed by atoms with Gasteiger partial charge in [-0.25, -0.2) is 4.68 Å². The fourth-order valence-corrected chi connectivity index (χ4v) is 4.54. The maximum absolute atomic E-state index is 13.2. The second-order valence-corrected chi connectivity index (χ2v) is 9.51. The number of aliphatic hydroxyl groups is 1. The smallest absolute Gasteiger partial charge is 0.295 e. The van der Waals surface area contributed by atoms with Crippen LogP contribution >= 0.6 is 15.9 Å². The van der Waals surface area contributed by atoms with Crippen molar-refractivity contribution in [3.05, 3.63) is 87.7 Å². The number of carbonyl (C=O) groups is 2. The number of ketones is 1. The Balaban J connectivity index is 1.80. The average Bonchev–Trinajstić information content (AvgIpc) is 3.32. The maximum Gasteiger partial charge on any atom is 0.295 e. The van der Waals surface area contributed by atoms with Crippen LogP contribution in [0.4, 0.5) is 0 Å². The number of nitrogens with zero attached hydrogens (tertiary/aromatic N) is 4. The Hall–Kier alpha value is -3.23. The van der Waals surface area contributed by atoms with Crippen molar-refractivity contribution in [1.82, 2.24) is 19.6 Å². The molecule has 1 N–H and O–H groups in total. The Morgan fingerprint density at radius 1 is 1.09 bits per heavy atom. The molecule has 1 saturated heterocycles. The van der Waals surface area contributed by atoms with E-state index in [9.17, 15) is 14.7 Å². The predicted octanol–water partition coefficient (Wildman–Crippen LogP) is 4.32. The Morgan fingerprint density at radius 3 is 2.41 bits per heavy atom. The highest BCUT2D eigenvalue weighted by Crippen LogP contribution is 2.40. The fourth-order valence-electron chi connectivity index (χ4n) is 4.28. The van der Waals surface area contributed by atoms with Crippen LogP contribution < -0.4 is 0 Å². The molecule has 0 radical (unpaired) electrons. The summed E-state index contributed by atoms with van der Waals surface area (Å²) in [6.45, 7) is 3.01. The molecule has 2 heterocycles. The first-order valence-electron chi connectivity index (χ1n) is 11.1. The molecule has 0 saturated carbocycles. The lowest BCUT2D eigenvalue weighted by Crippen LogP contribution is -2.32. The number of likely N-dealkylation sites (tertiary alicyclic amines) is 1. The van der Waals surface area contributed by atoms with Gasteiger partial charge in [0.1, 0.15) is 5.76 Å². The number of hydrogen-bond acceptors (Lipinski definition) is 5. The van der Waals surface area contributed by atoms with Gasteiger partial charge in [0.05, 0.1) is 34.8 Å². The minimum atomic E-state index is -0.679. The van der Waals surface area contributed by atoms with Crippen LogP contribution in [-0.4, -0.2) is 63.6 Å². The Labute approximate surface area is 207 Å². The third kappa shape index (κ3) is 4.56. The van der Waals surface area contributed by atoms with E-state index in [2.05, 4.69) is 21.0 Å². The van der Waals surface area contributed by atoms with Gasteiger partial charge in [0.25, 0.3) is 11.7 Å². The molecule has 1 aliphatic rings. The quantitative estimate of drug-likeness (QED) is 0.284. The van der Waals surface area contributed by atoms with E-state index in [1.165, 1.54) is 6.20 Å². The number of para-hydroxylation sites is 1. The second kappa shape index (κ2) is 9.95. The zero-order valence-electron chi connectivity index (χ0n) is 19.4. The highest BCUT2D eigenvalue weighted by Gasteiger charge is 2.46. The van der Waals surface area contributed by atoms with Crippen molar-refractivity contribution >= 4 is 33.4 Å². The summed E-state index contributed by atoms with van der Waals surface area (Å²) < 4.78 is 2.59. The molecule has 4 rings (SSSR count). The monoisotopic (exact) mass is 522 g/mol. The van der Waals surface area contributed by atoms with Gasteiger partial charge in [0, 0.05) is 11.0 Å².